The molecule has 2 fully saturated rings. The van der Waals surface area contributed by atoms with E-state index >= 15 is 0 Å². The van der Waals surface area contributed by atoms with Crippen LogP contribution in [0.3, 0.4) is 0 Å². The zero-order valence-electron chi connectivity index (χ0n) is 8.05. The lowest BCUT2D eigenvalue weighted by atomic mass is 10.0. The SMILES string of the molecule is O[C@H]1CNC[C@@H]1N1CCC(F)(F)CC1. The summed E-state index contributed by atoms with van der Waals surface area (Å²) in [6.45, 7) is 2.09. The van der Waals surface area contributed by atoms with E-state index in [2.05, 4.69) is 5.32 Å². The van der Waals surface area contributed by atoms with Crippen LogP contribution in [0.5, 0.6) is 0 Å². The molecule has 0 amide bonds. The standard InChI is InChI=1S/C9H16F2N2O/c10-9(11)1-3-13(4-2-9)7-5-12-6-8(7)14/h7-8,12,14H,1-6H2/t7-,8-/m0/s1. The van der Waals surface area contributed by atoms with Gasteiger partial charge in [0, 0.05) is 45.1 Å². The Kier molecular flexibility index (Phi) is 2.72. The lowest BCUT2D eigenvalue weighted by Gasteiger charge is -2.36. The molecule has 0 saturated carbocycles. The highest BCUT2D eigenvalue weighted by Crippen LogP contribution is 2.29. The summed E-state index contributed by atoms with van der Waals surface area (Å²) < 4.78 is 25.7. The predicted molar refractivity (Wildman–Crippen MR) is 48.4 cm³/mol. The first-order valence-electron chi connectivity index (χ1n) is 5.09. The van der Waals surface area contributed by atoms with Gasteiger partial charge in [0.15, 0.2) is 0 Å². The van der Waals surface area contributed by atoms with Gasteiger partial charge in [-0.25, -0.2) is 8.78 Å². The maximum atomic E-state index is 12.9. The van der Waals surface area contributed by atoms with Crippen LogP contribution in [-0.2, 0) is 0 Å². The number of hydrogen-bond acceptors (Lipinski definition) is 3. The van der Waals surface area contributed by atoms with Crippen molar-refractivity contribution in [1.29, 1.82) is 0 Å². The van der Waals surface area contributed by atoms with E-state index in [4.69, 9.17) is 0 Å². The second kappa shape index (κ2) is 3.72. The number of aliphatic hydroxyl groups is 1. The van der Waals surface area contributed by atoms with E-state index in [1.807, 2.05) is 4.90 Å². The summed E-state index contributed by atoms with van der Waals surface area (Å²) in [5.74, 6) is -2.49. The van der Waals surface area contributed by atoms with E-state index in [-0.39, 0.29) is 18.9 Å². The molecule has 5 heteroatoms. The monoisotopic (exact) mass is 206 g/mol. The van der Waals surface area contributed by atoms with Crippen molar-refractivity contribution < 1.29 is 13.9 Å². The molecule has 0 aromatic heterocycles. The summed E-state index contributed by atoms with van der Waals surface area (Å²) in [7, 11) is 0. The molecule has 2 heterocycles. The number of rotatable bonds is 1. The topological polar surface area (TPSA) is 35.5 Å². The Labute approximate surface area is 82.1 Å². The highest BCUT2D eigenvalue weighted by atomic mass is 19.3. The molecule has 3 nitrogen and oxygen atoms in total. The molecule has 82 valence electrons. The second-order valence-electron chi connectivity index (χ2n) is 4.18. The molecule has 0 spiro atoms. The fraction of sp³-hybridized carbons (Fsp3) is 1.00. The molecule has 2 aliphatic rings. The van der Waals surface area contributed by atoms with Gasteiger partial charge < -0.3 is 10.4 Å². The van der Waals surface area contributed by atoms with Gasteiger partial charge in [0.05, 0.1) is 6.10 Å². The fourth-order valence-corrected chi connectivity index (χ4v) is 2.21. The average molecular weight is 206 g/mol. The maximum Gasteiger partial charge on any atom is 0.250 e. The number of piperidine rings is 1. The molecular weight excluding hydrogens is 190 g/mol. The van der Waals surface area contributed by atoms with Crippen molar-refractivity contribution in [3.05, 3.63) is 0 Å². The molecule has 0 aromatic rings. The minimum atomic E-state index is -2.49. The molecule has 14 heavy (non-hydrogen) atoms. The van der Waals surface area contributed by atoms with Crippen molar-refractivity contribution in [3.8, 4) is 0 Å². The van der Waals surface area contributed by atoms with Gasteiger partial charge in [-0.3, -0.25) is 4.90 Å². The van der Waals surface area contributed by atoms with Crippen LogP contribution < -0.4 is 5.32 Å². The number of β-amino-alcohol motifs (C(OH)–C–C–N with tert-alkyl or cyclic N) is 1. The Balaban J connectivity index is 1.89. The van der Waals surface area contributed by atoms with Crippen LogP contribution >= 0.6 is 0 Å². The van der Waals surface area contributed by atoms with E-state index in [1.54, 1.807) is 0 Å². The van der Waals surface area contributed by atoms with Crippen LogP contribution in [-0.4, -0.2) is 54.3 Å². The van der Waals surface area contributed by atoms with Crippen molar-refractivity contribution >= 4 is 0 Å². The van der Waals surface area contributed by atoms with Crippen molar-refractivity contribution in [2.45, 2.75) is 30.9 Å². The maximum absolute atomic E-state index is 12.9. The fourth-order valence-electron chi connectivity index (χ4n) is 2.21. The normalized spacial score (nSPS) is 38.8. The van der Waals surface area contributed by atoms with Gasteiger partial charge in [-0.05, 0) is 0 Å². The summed E-state index contributed by atoms with van der Waals surface area (Å²) in [5, 5.41) is 12.6. The minimum Gasteiger partial charge on any atom is -0.390 e. The van der Waals surface area contributed by atoms with E-state index in [0.717, 1.165) is 0 Å². The van der Waals surface area contributed by atoms with Crippen molar-refractivity contribution in [1.82, 2.24) is 10.2 Å². The summed E-state index contributed by atoms with van der Waals surface area (Å²) in [6, 6.07) is 0.0334. The van der Waals surface area contributed by atoms with Crippen molar-refractivity contribution in [3.63, 3.8) is 0 Å². The first-order chi connectivity index (χ1) is 6.58. The van der Waals surface area contributed by atoms with Gasteiger partial charge in [-0.15, -0.1) is 0 Å². The van der Waals surface area contributed by atoms with Crippen LogP contribution in [0.1, 0.15) is 12.8 Å². The number of hydrogen-bond donors (Lipinski definition) is 2. The van der Waals surface area contributed by atoms with E-state index in [1.165, 1.54) is 0 Å². The highest BCUT2D eigenvalue weighted by molar-refractivity contribution is 4.91. The van der Waals surface area contributed by atoms with Crippen molar-refractivity contribution in [2.24, 2.45) is 0 Å². The van der Waals surface area contributed by atoms with Crippen LogP contribution in [0.4, 0.5) is 8.78 Å². The zero-order chi connectivity index (χ0) is 10.2. The molecule has 0 aromatic carbocycles. The minimum absolute atomic E-state index is 0.0334. The van der Waals surface area contributed by atoms with E-state index in [0.29, 0.717) is 26.2 Å². The summed E-state index contributed by atoms with van der Waals surface area (Å²) in [5.41, 5.74) is 0. The third kappa shape index (κ3) is 2.04. The second-order valence-corrected chi connectivity index (χ2v) is 4.18. The Morgan fingerprint density at radius 1 is 1.21 bits per heavy atom. The molecule has 2 aliphatic heterocycles. The van der Waals surface area contributed by atoms with E-state index < -0.39 is 12.0 Å². The number of alkyl halides is 2. The number of halogens is 2. The Bertz CT molecular complexity index is 203. The molecule has 2 saturated heterocycles. The molecule has 0 unspecified atom stereocenters. The average Bonchev–Trinajstić information content (AvgIpc) is 2.52. The smallest absolute Gasteiger partial charge is 0.250 e. The number of nitrogens with zero attached hydrogens (tertiary/aromatic N) is 1. The molecule has 2 N–H and O–H groups in total. The molecule has 0 aliphatic carbocycles. The van der Waals surface area contributed by atoms with Gasteiger partial charge in [-0.1, -0.05) is 0 Å². The molecule has 0 bridgehead atoms. The first-order valence-corrected chi connectivity index (χ1v) is 5.09. The number of nitrogens with one attached hydrogen (secondary N) is 1. The lowest BCUT2D eigenvalue weighted by Crippen LogP contribution is -2.49. The van der Waals surface area contributed by atoms with Gasteiger partial charge in [0.1, 0.15) is 0 Å². The third-order valence-corrected chi connectivity index (χ3v) is 3.15. The summed E-state index contributed by atoms with van der Waals surface area (Å²) in [4.78, 5) is 1.97. The lowest BCUT2D eigenvalue weighted by molar-refractivity contribution is -0.0696. The zero-order valence-corrected chi connectivity index (χ0v) is 8.05. The van der Waals surface area contributed by atoms with Crippen LogP contribution in [0.2, 0.25) is 0 Å². The number of aliphatic hydroxyl groups excluding tert-OH is 1. The molecule has 2 rings (SSSR count). The van der Waals surface area contributed by atoms with Gasteiger partial charge >= 0.3 is 0 Å². The molecule has 2 atom stereocenters. The van der Waals surface area contributed by atoms with Crippen LogP contribution in [0.15, 0.2) is 0 Å². The summed E-state index contributed by atoms with van der Waals surface area (Å²) in [6.07, 6.45) is -0.548. The van der Waals surface area contributed by atoms with Crippen LogP contribution in [0, 0.1) is 0 Å². The third-order valence-electron chi connectivity index (χ3n) is 3.15. The quantitative estimate of drug-likeness (QED) is 0.636. The Hall–Kier alpha value is -0.260. The predicted octanol–water partition coefficient (Wildman–Crippen LogP) is 0.0502. The van der Waals surface area contributed by atoms with Crippen molar-refractivity contribution in [2.75, 3.05) is 26.2 Å². The van der Waals surface area contributed by atoms with E-state index in [9.17, 15) is 13.9 Å². The Morgan fingerprint density at radius 3 is 2.36 bits per heavy atom. The molecular formula is C9H16F2N2O. The Morgan fingerprint density at radius 2 is 1.86 bits per heavy atom. The highest BCUT2D eigenvalue weighted by Gasteiger charge is 2.39. The van der Waals surface area contributed by atoms with Gasteiger partial charge in [0.2, 0.25) is 0 Å². The summed E-state index contributed by atoms with van der Waals surface area (Å²) >= 11 is 0. The van der Waals surface area contributed by atoms with Crippen LogP contribution in [0.25, 0.3) is 0 Å². The van der Waals surface area contributed by atoms with Gasteiger partial charge in [0.25, 0.3) is 5.92 Å². The first kappa shape index (κ1) is 10.3. The number of likely N-dealkylation sites (tertiary alicyclic amines) is 1. The molecule has 0 radical (unpaired) electrons. The van der Waals surface area contributed by atoms with Gasteiger partial charge in [-0.2, -0.15) is 0 Å². The largest absolute Gasteiger partial charge is 0.390 e.